The first-order valence-corrected chi connectivity index (χ1v) is 10.6. The molecule has 0 saturated heterocycles. The van der Waals surface area contributed by atoms with E-state index in [4.69, 9.17) is 4.74 Å². The highest BCUT2D eigenvalue weighted by Gasteiger charge is 2.21. The minimum Gasteiger partial charge on any atom is -0.483 e. The second kappa shape index (κ2) is 8.76. The maximum atomic E-state index is 12.3. The Morgan fingerprint density at radius 2 is 2.03 bits per heavy atom. The molecule has 2 aromatic carbocycles. The summed E-state index contributed by atoms with van der Waals surface area (Å²) in [5.41, 5.74) is 4.55. The van der Waals surface area contributed by atoms with E-state index in [2.05, 4.69) is 39.5 Å². The van der Waals surface area contributed by atoms with E-state index in [0.29, 0.717) is 5.13 Å². The predicted octanol–water partition coefficient (Wildman–Crippen LogP) is 4.34. The number of thiazole rings is 1. The Kier molecular flexibility index (Phi) is 5.92. The van der Waals surface area contributed by atoms with Crippen molar-refractivity contribution in [1.82, 2.24) is 9.88 Å². The first-order valence-electron chi connectivity index (χ1n) is 9.81. The van der Waals surface area contributed by atoms with Crippen molar-refractivity contribution in [2.45, 2.75) is 33.4 Å². The highest BCUT2D eigenvalue weighted by molar-refractivity contribution is 7.15. The number of carbonyl (C=O) groups is 1. The van der Waals surface area contributed by atoms with E-state index in [0.717, 1.165) is 48.6 Å². The standard InChI is InChI=1S/C23H25N3O2S/c1-16-8-9-17(2)20(12-16)28-15-22(27)25-23-24-19-10-11-26(14-21(19)29-23)13-18-6-4-3-5-7-18/h3-9,12H,10-11,13-15H2,1-2H3,(H,24,25,27). The molecular weight excluding hydrogens is 382 g/mol. The van der Waals surface area contributed by atoms with Crippen LogP contribution in [0.5, 0.6) is 5.75 Å². The maximum Gasteiger partial charge on any atom is 0.264 e. The van der Waals surface area contributed by atoms with Crippen molar-refractivity contribution in [2.24, 2.45) is 0 Å². The highest BCUT2D eigenvalue weighted by atomic mass is 32.1. The highest BCUT2D eigenvalue weighted by Crippen LogP contribution is 2.29. The molecule has 5 nitrogen and oxygen atoms in total. The van der Waals surface area contributed by atoms with Gasteiger partial charge in [0.2, 0.25) is 0 Å². The summed E-state index contributed by atoms with van der Waals surface area (Å²) in [5, 5.41) is 3.55. The van der Waals surface area contributed by atoms with Gasteiger partial charge in [-0.15, -0.1) is 11.3 Å². The molecule has 1 aliphatic rings. The summed E-state index contributed by atoms with van der Waals surface area (Å²) in [4.78, 5) is 20.6. The van der Waals surface area contributed by atoms with Crippen LogP contribution in [0.15, 0.2) is 48.5 Å². The molecule has 0 aliphatic carbocycles. The Morgan fingerprint density at radius 1 is 1.21 bits per heavy atom. The molecule has 0 atom stereocenters. The number of benzene rings is 2. The van der Waals surface area contributed by atoms with Crippen LogP contribution in [0.25, 0.3) is 0 Å². The Balaban J connectivity index is 1.33. The number of ether oxygens (including phenoxy) is 1. The molecule has 0 bridgehead atoms. The lowest BCUT2D eigenvalue weighted by Crippen LogP contribution is -2.29. The van der Waals surface area contributed by atoms with E-state index in [1.165, 1.54) is 10.4 Å². The van der Waals surface area contributed by atoms with Gasteiger partial charge in [-0.1, -0.05) is 42.5 Å². The van der Waals surface area contributed by atoms with Crippen molar-refractivity contribution >= 4 is 22.4 Å². The molecule has 3 aromatic rings. The predicted molar refractivity (Wildman–Crippen MR) is 116 cm³/mol. The fourth-order valence-electron chi connectivity index (χ4n) is 3.44. The quantitative estimate of drug-likeness (QED) is 0.661. The number of nitrogens with zero attached hydrogens (tertiary/aromatic N) is 2. The van der Waals surface area contributed by atoms with Gasteiger partial charge in [-0.05, 0) is 36.6 Å². The summed E-state index contributed by atoms with van der Waals surface area (Å²) in [6.07, 6.45) is 0.910. The molecule has 150 valence electrons. The van der Waals surface area contributed by atoms with Gasteiger partial charge in [0.05, 0.1) is 5.69 Å². The first-order chi connectivity index (χ1) is 14.1. The lowest BCUT2D eigenvalue weighted by atomic mass is 10.1. The Hall–Kier alpha value is -2.70. The van der Waals surface area contributed by atoms with Gasteiger partial charge < -0.3 is 4.74 Å². The average Bonchev–Trinajstić information content (AvgIpc) is 3.11. The van der Waals surface area contributed by atoms with Gasteiger partial charge in [0.15, 0.2) is 11.7 Å². The van der Waals surface area contributed by atoms with Crippen molar-refractivity contribution in [3.8, 4) is 5.75 Å². The molecular formula is C23H25N3O2S. The zero-order chi connectivity index (χ0) is 20.2. The summed E-state index contributed by atoms with van der Waals surface area (Å²) in [5.74, 6) is 0.563. The molecule has 0 saturated carbocycles. The maximum absolute atomic E-state index is 12.3. The van der Waals surface area contributed by atoms with E-state index in [9.17, 15) is 4.79 Å². The Morgan fingerprint density at radius 3 is 2.86 bits per heavy atom. The molecule has 1 N–H and O–H groups in total. The van der Waals surface area contributed by atoms with Crippen molar-refractivity contribution in [2.75, 3.05) is 18.5 Å². The van der Waals surface area contributed by atoms with Crippen LogP contribution >= 0.6 is 11.3 Å². The van der Waals surface area contributed by atoms with Gasteiger partial charge in [0, 0.05) is 30.9 Å². The van der Waals surface area contributed by atoms with Gasteiger partial charge in [-0.3, -0.25) is 15.0 Å². The largest absolute Gasteiger partial charge is 0.483 e. The lowest BCUT2D eigenvalue weighted by molar-refractivity contribution is -0.118. The fraction of sp³-hybridized carbons (Fsp3) is 0.304. The molecule has 6 heteroatoms. The number of aromatic nitrogens is 1. The summed E-state index contributed by atoms with van der Waals surface area (Å²) in [6.45, 7) is 6.75. The molecule has 0 fully saturated rings. The van der Waals surface area contributed by atoms with Crippen LogP contribution in [0, 0.1) is 13.8 Å². The van der Waals surface area contributed by atoms with Crippen molar-refractivity contribution in [3.63, 3.8) is 0 Å². The molecule has 0 unspecified atom stereocenters. The molecule has 4 rings (SSSR count). The summed E-state index contributed by atoms with van der Waals surface area (Å²) in [7, 11) is 0. The van der Waals surface area contributed by atoms with Gasteiger partial charge in [-0.2, -0.15) is 0 Å². The van der Waals surface area contributed by atoms with Crippen LogP contribution in [0.1, 0.15) is 27.3 Å². The van der Waals surface area contributed by atoms with E-state index >= 15 is 0 Å². The number of nitrogens with one attached hydrogen (secondary N) is 1. The third-order valence-corrected chi connectivity index (χ3v) is 6.01. The lowest BCUT2D eigenvalue weighted by Gasteiger charge is -2.25. The zero-order valence-corrected chi connectivity index (χ0v) is 17.6. The number of rotatable bonds is 6. The SMILES string of the molecule is Cc1ccc(C)c(OCC(=O)Nc2nc3c(s2)CN(Cc2ccccc2)CC3)c1. The van der Waals surface area contributed by atoms with Gasteiger partial charge in [0.1, 0.15) is 5.75 Å². The molecule has 0 radical (unpaired) electrons. The van der Waals surface area contributed by atoms with Crippen LogP contribution in [0.2, 0.25) is 0 Å². The van der Waals surface area contributed by atoms with Crippen LogP contribution in [0.3, 0.4) is 0 Å². The van der Waals surface area contributed by atoms with Crippen LogP contribution < -0.4 is 10.1 Å². The van der Waals surface area contributed by atoms with E-state index in [1.807, 2.05) is 38.1 Å². The molecule has 2 heterocycles. The minimum atomic E-state index is -0.182. The topological polar surface area (TPSA) is 54.5 Å². The number of fused-ring (bicyclic) bond motifs is 1. The molecule has 0 spiro atoms. The molecule has 1 aromatic heterocycles. The molecule has 29 heavy (non-hydrogen) atoms. The second-order valence-corrected chi connectivity index (χ2v) is 8.52. The normalized spacial score (nSPS) is 13.7. The number of carbonyl (C=O) groups excluding carboxylic acids is 1. The Labute approximate surface area is 175 Å². The smallest absolute Gasteiger partial charge is 0.264 e. The van der Waals surface area contributed by atoms with Crippen molar-refractivity contribution in [1.29, 1.82) is 0 Å². The number of hydrogen-bond donors (Lipinski definition) is 1. The number of anilines is 1. The fourth-order valence-corrected chi connectivity index (χ4v) is 4.51. The third kappa shape index (κ3) is 5.02. The van der Waals surface area contributed by atoms with Gasteiger partial charge in [0.25, 0.3) is 5.91 Å². The van der Waals surface area contributed by atoms with E-state index in [1.54, 1.807) is 11.3 Å². The Bertz CT molecular complexity index is 1000. The van der Waals surface area contributed by atoms with E-state index < -0.39 is 0 Å². The first kappa shape index (κ1) is 19.6. The number of amides is 1. The van der Waals surface area contributed by atoms with Crippen LogP contribution in [-0.4, -0.2) is 28.9 Å². The van der Waals surface area contributed by atoms with Crippen LogP contribution in [0.4, 0.5) is 5.13 Å². The third-order valence-electron chi connectivity index (χ3n) is 5.01. The van der Waals surface area contributed by atoms with Gasteiger partial charge >= 0.3 is 0 Å². The second-order valence-electron chi connectivity index (χ2n) is 7.44. The summed E-state index contributed by atoms with van der Waals surface area (Å²) >= 11 is 1.56. The minimum absolute atomic E-state index is 0.0192. The molecule has 1 aliphatic heterocycles. The van der Waals surface area contributed by atoms with E-state index in [-0.39, 0.29) is 12.5 Å². The molecule has 1 amide bonds. The van der Waals surface area contributed by atoms with Crippen LogP contribution in [-0.2, 0) is 24.3 Å². The summed E-state index contributed by atoms with van der Waals surface area (Å²) < 4.78 is 5.69. The summed E-state index contributed by atoms with van der Waals surface area (Å²) in [6, 6.07) is 16.5. The van der Waals surface area contributed by atoms with Crippen molar-refractivity contribution < 1.29 is 9.53 Å². The number of hydrogen-bond acceptors (Lipinski definition) is 5. The number of aryl methyl sites for hydroxylation is 2. The van der Waals surface area contributed by atoms with Crippen molar-refractivity contribution in [3.05, 3.63) is 75.8 Å². The average molecular weight is 408 g/mol. The zero-order valence-electron chi connectivity index (χ0n) is 16.8. The van der Waals surface area contributed by atoms with Gasteiger partial charge in [-0.25, -0.2) is 4.98 Å². The monoisotopic (exact) mass is 407 g/mol.